The predicted molar refractivity (Wildman–Crippen MR) is 101 cm³/mol. The monoisotopic (exact) mass is 370 g/mol. The Balaban J connectivity index is 1.37. The summed E-state index contributed by atoms with van der Waals surface area (Å²) in [5, 5.41) is 5.53. The summed E-state index contributed by atoms with van der Waals surface area (Å²) in [6.07, 6.45) is 2.16. The summed E-state index contributed by atoms with van der Waals surface area (Å²) >= 11 is 1.03. The third-order valence-corrected chi connectivity index (χ3v) is 4.61. The molecule has 3 rings (SSSR count). The second-order valence-corrected chi connectivity index (χ2v) is 6.73. The topological polar surface area (TPSA) is 77.0 Å². The van der Waals surface area contributed by atoms with Crippen molar-refractivity contribution in [1.82, 2.24) is 5.32 Å². The van der Waals surface area contributed by atoms with Gasteiger partial charge in [-0.15, -0.1) is 0 Å². The molecule has 2 aromatic carbocycles. The van der Waals surface area contributed by atoms with Gasteiger partial charge in [0.1, 0.15) is 12.4 Å². The summed E-state index contributed by atoms with van der Waals surface area (Å²) in [6, 6.07) is 17.1. The van der Waals surface area contributed by atoms with Crippen LogP contribution in [0.2, 0.25) is 0 Å². The third kappa shape index (κ3) is 5.35. The lowest BCUT2D eigenvalue weighted by molar-refractivity contribution is -0.118. The van der Waals surface area contributed by atoms with Gasteiger partial charge in [-0.05, 0) is 29.7 Å². The molecule has 6 nitrogen and oxygen atoms in total. The lowest BCUT2D eigenvalue weighted by Gasteiger charge is -2.08. The van der Waals surface area contributed by atoms with E-state index in [1.54, 1.807) is 6.21 Å². The maximum absolute atomic E-state index is 11.6. The molecule has 7 heteroatoms. The zero-order valence-corrected chi connectivity index (χ0v) is 14.8. The van der Waals surface area contributed by atoms with Crippen molar-refractivity contribution in [3.8, 4) is 5.75 Å². The molecular formula is C19H18N2O4S. The van der Waals surface area contributed by atoms with Crippen molar-refractivity contribution in [3.05, 3.63) is 65.7 Å². The Morgan fingerprint density at radius 2 is 1.81 bits per heavy atom. The minimum absolute atomic E-state index is 0.228. The molecule has 1 N–H and O–H groups in total. The van der Waals surface area contributed by atoms with Crippen LogP contribution in [0.25, 0.3) is 0 Å². The standard InChI is InChI=1S/C19H18N2O4S/c22-18-17(26-19(23)21-18)12-14-6-8-16(9-7-14)24-10-11-25-20-13-15-4-2-1-3-5-15/h1-9,13,17H,10-12H2,(H,21,22,23). The smallest absolute Gasteiger partial charge is 0.286 e. The normalized spacial score (nSPS) is 16.7. The van der Waals surface area contributed by atoms with Crippen LogP contribution in [0.5, 0.6) is 5.75 Å². The van der Waals surface area contributed by atoms with Crippen LogP contribution < -0.4 is 10.1 Å². The zero-order valence-electron chi connectivity index (χ0n) is 14.0. The number of rotatable bonds is 8. The number of carbonyl (C=O) groups is 2. The van der Waals surface area contributed by atoms with E-state index in [-0.39, 0.29) is 16.4 Å². The molecule has 134 valence electrons. The Labute approximate surface area is 155 Å². The molecule has 0 radical (unpaired) electrons. The Hall–Kier alpha value is -2.80. The molecule has 1 atom stereocenters. The van der Waals surface area contributed by atoms with E-state index in [1.807, 2.05) is 54.6 Å². The number of oxime groups is 1. The van der Waals surface area contributed by atoms with Gasteiger partial charge in [0.2, 0.25) is 5.91 Å². The first-order chi connectivity index (χ1) is 12.7. The fraction of sp³-hybridized carbons (Fsp3) is 0.211. The lowest BCUT2D eigenvalue weighted by atomic mass is 10.1. The fourth-order valence-corrected chi connectivity index (χ4v) is 3.21. The molecule has 2 amide bonds. The van der Waals surface area contributed by atoms with E-state index in [0.29, 0.717) is 25.4 Å². The van der Waals surface area contributed by atoms with Gasteiger partial charge in [-0.3, -0.25) is 14.9 Å². The van der Waals surface area contributed by atoms with Gasteiger partial charge in [0.15, 0.2) is 6.61 Å². The number of ether oxygens (including phenoxy) is 1. The van der Waals surface area contributed by atoms with Gasteiger partial charge in [-0.2, -0.15) is 0 Å². The molecule has 1 fully saturated rings. The van der Waals surface area contributed by atoms with Crippen LogP contribution in [0.4, 0.5) is 4.79 Å². The van der Waals surface area contributed by atoms with Crippen molar-refractivity contribution in [3.63, 3.8) is 0 Å². The Morgan fingerprint density at radius 3 is 2.50 bits per heavy atom. The van der Waals surface area contributed by atoms with Crippen LogP contribution in [-0.4, -0.2) is 35.8 Å². The number of imide groups is 1. The first-order valence-corrected chi connectivity index (χ1v) is 9.02. The summed E-state index contributed by atoms with van der Waals surface area (Å²) in [5.41, 5.74) is 1.95. The van der Waals surface area contributed by atoms with Gasteiger partial charge in [0.05, 0.1) is 11.5 Å². The van der Waals surface area contributed by atoms with Crippen LogP contribution in [0, 0.1) is 0 Å². The van der Waals surface area contributed by atoms with Gasteiger partial charge in [-0.25, -0.2) is 0 Å². The summed E-state index contributed by atoms with van der Waals surface area (Å²) in [6.45, 7) is 0.715. The van der Waals surface area contributed by atoms with Crippen molar-refractivity contribution < 1.29 is 19.2 Å². The molecule has 0 aromatic heterocycles. The second kappa shape index (κ2) is 9.05. The van der Waals surface area contributed by atoms with Gasteiger partial charge in [-0.1, -0.05) is 59.4 Å². The van der Waals surface area contributed by atoms with Crippen molar-refractivity contribution >= 4 is 29.1 Å². The second-order valence-electron chi connectivity index (χ2n) is 5.56. The van der Waals surface area contributed by atoms with E-state index >= 15 is 0 Å². The van der Waals surface area contributed by atoms with E-state index in [2.05, 4.69) is 10.5 Å². The zero-order chi connectivity index (χ0) is 18.2. The first-order valence-electron chi connectivity index (χ1n) is 8.14. The molecule has 1 aliphatic heterocycles. The number of nitrogens with zero attached hydrogens (tertiary/aromatic N) is 1. The average molecular weight is 370 g/mol. The molecule has 0 spiro atoms. The molecule has 2 aromatic rings. The SMILES string of the molecule is O=C1NC(=O)C(Cc2ccc(OCCON=Cc3ccccc3)cc2)S1. The van der Waals surface area contributed by atoms with E-state index in [1.165, 1.54) is 0 Å². The summed E-state index contributed by atoms with van der Waals surface area (Å²) in [4.78, 5) is 27.9. The molecule has 1 unspecified atom stereocenters. The van der Waals surface area contributed by atoms with Crippen molar-refractivity contribution in [1.29, 1.82) is 0 Å². The minimum Gasteiger partial charge on any atom is -0.490 e. The maximum Gasteiger partial charge on any atom is 0.286 e. The molecule has 1 aliphatic rings. The summed E-state index contributed by atoms with van der Waals surface area (Å²) in [7, 11) is 0. The van der Waals surface area contributed by atoms with Crippen LogP contribution in [0.1, 0.15) is 11.1 Å². The predicted octanol–water partition coefficient (Wildman–Crippen LogP) is 3.01. The minimum atomic E-state index is -0.356. The summed E-state index contributed by atoms with van der Waals surface area (Å²) in [5.74, 6) is 0.484. The van der Waals surface area contributed by atoms with Gasteiger partial charge in [0, 0.05) is 0 Å². The van der Waals surface area contributed by atoms with Crippen molar-refractivity contribution in [2.45, 2.75) is 11.7 Å². The van der Waals surface area contributed by atoms with Crippen molar-refractivity contribution in [2.24, 2.45) is 5.16 Å². The van der Waals surface area contributed by atoms with Crippen LogP contribution in [-0.2, 0) is 16.1 Å². The average Bonchev–Trinajstić information content (AvgIpc) is 2.97. The number of amides is 2. The molecule has 1 heterocycles. The van der Waals surface area contributed by atoms with Crippen LogP contribution >= 0.6 is 11.8 Å². The summed E-state index contributed by atoms with van der Waals surface area (Å²) < 4.78 is 5.58. The third-order valence-electron chi connectivity index (χ3n) is 3.63. The quantitative estimate of drug-likeness (QED) is 0.439. The molecule has 0 bridgehead atoms. The number of hydrogen-bond acceptors (Lipinski definition) is 6. The Morgan fingerprint density at radius 1 is 1.04 bits per heavy atom. The van der Waals surface area contributed by atoms with E-state index in [9.17, 15) is 9.59 Å². The number of carbonyl (C=O) groups excluding carboxylic acids is 2. The lowest BCUT2D eigenvalue weighted by Crippen LogP contribution is -2.25. The highest BCUT2D eigenvalue weighted by molar-refractivity contribution is 8.15. The molecular weight excluding hydrogens is 352 g/mol. The van der Waals surface area contributed by atoms with Crippen molar-refractivity contribution in [2.75, 3.05) is 13.2 Å². The first kappa shape index (κ1) is 18.0. The highest BCUT2D eigenvalue weighted by Crippen LogP contribution is 2.23. The van der Waals surface area contributed by atoms with Gasteiger partial charge in [0.25, 0.3) is 5.24 Å². The molecule has 1 saturated heterocycles. The largest absolute Gasteiger partial charge is 0.490 e. The van der Waals surface area contributed by atoms with E-state index < -0.39 is 0 Å². The van der Waals surface area contributed by atoms with E-state index in [4.69, 9.17) is 9.57 Å². The fourth-order valence-electron chi connectivity index (χ4n) is 2.35. The molecule has 0 aliphatic carbocycles. The molecule has 26 heavy (non-hydrogen) atoms. The van der Waals surface area contributed by atoms with E-state index in [0.717, 1.165) is 22.9 Å². The van der Waals surface area contributed by atoms with Gasteiger partial charge >= 0.3 is 0 Å². The number of benzene rings is 2. The van der Waals surface area contributed by atoms with Crippen LogP contribution in [0.3, 0.4) is 0 Å². The Bertz CT molecular complexity index is 778. The number of hydrogen-bond donors (Lipinski definition) is 1. The maximum atomic E-state index is 11.6. The highest BCUT2D eigenvalue weighted by atomic mass is 32.2. The van der Waals surface area contributed by atoms with Crippen LogP contribution in [0.15, 0.2) is 59.8 Å². The molecule has 0 saturated carbocycles. The number of thioether (sulfide) groups is 1. The Kier molecular flexibility index (Phi) is 6.27. The highest BCUT2D eigenvalue weighted by Gasteiger charge is 2.31. The van der Waals surface area contributed by atoms with Gasteiger partial charge < -0.3 is 9.57 Å². The number of nitrogens with one attached hydrogen (secondary N) is 1.